The van der Waals surface area contributed by atoms with Crippen LogP contribution >= 0.6 is 28.5 Å². The van der Waals surface area contributed by atoms with E-state index in [0.29, 0.717) is 0 Å². The van der Waals surface area contributed by atoms with E-state index in [9.17, 15) is 26.3 Å². The Morgan fingerprint density at radius 3 is 1.67 bits per heavy atom. The third-order valence-corrected chi connectivity index (χ3v) is 12.3. The van der Waals surface area contributed by atoms with Gasteiger partial charge in [-0.05, 0) is 0 Å². The molecule has 0 amide bonds. The van der Waals surface area contributed by atoms with Crippen molar-refractivity contribution in [2.45, 2.75) is 19.3 Å². The molecule has 2 aliphatic rings. The van der Waals surface area contributed by atoms with Gasteiger partial charge in [-0.2, -0.15) is 0 Å². The van der Waals surface area contributed by atoms with Gasteiger partial charge in [0.15, 0.2) is 0 Å². The van der Waals surface area contributed by atoms with E-state index >= 15 is 0 Å². The van der Waals surface area contributed by atoms with E-state index in [1.54, 1.807) is 0 Å². The monoisotopic (exact) mass is 410 g/mol. The summed E-state index contributed by atoms with van der Waals surface area (Å²) in [5, 5.41) is 0. The van der Waals surface area contributed by atoms with Gasteiger partial charge in [0, 0.05) is 0 Å². The molecule has 0 aliphatic carbocycles. The summed E-state index contributed by atoms with van der Waals surface area (Å²) in [5.41, 5.74) is -4.84. The number of alkyl halides is 6. The van der Waals surface area contributed by atoms with Gasteiger partial charge < -0.3 is 0 Å². The van der Waals surface area contributed by atoms with Crippen LogP contribution in [-0.2, 0) is 4.52 Å². The van der Waals surface area contributed by atoms with Crippen LogP contribution in [-0.4, -0.2) is 19.0 Å². The fourth-order valence-electron chi connectivity index (χ4n) is 2.09. The maximum atomic E-state index is 13.2. The summed E-state index contributed by atoms with van der Waals surface area (Å²) in [4.78, 5) is -3.61. The van der Waals surface area contributed by atoms with Crippen molar-refractivity contribution in [3.8, 4) is 11.5 Å². The summed E-state index contributed by atoms with van der Waals surface area (Å²) in [5.74, 6) is 0.0992. The molecule has 0 unspecified atom stereocenters. The molecule has 3 nitrogen and oxygen atoms in total. The molecule has 3 rings (SSSR count). The van der Waals surface area contributed by atoms with Gasteiger partial charge in [-0.15, -0.1) is 0 Å². The van der Waals surface area contributed by atoms with E-state index in [4.69, 9.17) is 13.6 Å². The Labute approximate surface area is 140 Å². The second-order valence-electron chi connectivity index (χ2n) is 4.63. The molecule has 1 spiro atoms. The molecule has 1 aromatic rings. The number of para-hydroxylation sites is 2. The van der Waals surface area contributed by atoms with E-state index < -0.39 is 27.9 Å². The Balaban J connectivity index is 2.11. The van der Waals surface area contributed by atoms with Crippen LogP contribution < -0.4 is 9.05 Å². The van der Waals surface area contributed by atoms with Crippen molar-refractivity contribution in [1.29, 1.82) is 0 Å². The van der Waals surface area contributed by atoms with E-state index in [1.807, 2.05) is 0 Å². The topological polar surface area (TPSA) is 27.7 Å². The molecule has 0 fully saturated rings. The molecule has 24 heavy (non-hydrogen) atoms. The van der Waals surface area contributed by atoms with Crippen LogP contribution in [0.4, 0.5) is 26.3 Å². The molecule has 0 radical (unpaired) electrons. The van der Waals surface area contributed by atoms with Gasteiger partial charge in [-0.1, -0.05) is 0 Å². The van der Waals surface area contributed by atoms with E-state index in [0.717, 1.165) is 0 Å². The average molecular weight is 410 g/mol. The second kappa shape index (κ2) is 5.36. The molecule has 1 aromatic carbocycles. The number of rotatable bonds is 2. The summed E-state index contributed by atoms with van der Waals surface area (Å²) >= 11 is -0.295. The van der Waals surface area contributed by atoms with Crippen molar-refractivity contribution in [3.63, 3.8) is 0 Å². The zero-order valence-corrected chi connectivity index (χ0v) is 14.3. The predicted molar refractivity (Wildman–Crippen MR) is 80.6 cm³/mol. The first-order valence-electron chi connectivity index (χ1n) is 6.44. The molecule has 0 bridgehead atoms. The first-order chi connectivity index (χ1) is 11.0. The normalized spacial score (nSPS) is 23.4. The standard InChI is InChI=1S/C12H9F6O3PS2/c1-2-19-22(20-7-5-3-4-6-8(7)21-22)23-9(11(13,14)15)10(24-22)12(16,17)18/h3-6H,2H2,1H3. The van der Waals surface area contributed by atoms with Crippen LogP contribution in [0.5, 0.6) is 11.5 Å². The van der Waals surface area contributed by atoms with Crippen molar-refractivity contribution in [3.05, 3.63) is 34.1 Å². The van der Waals surface area contributed by atoms with Crippen LogP contribution in [0, 0.1) is 0 Å². The van der Waals surface area contributed by atoms with Crippen LogP contribution in [0.3, 0.4) is 0 Å². The second-order valence-corrected chi connectivity index (χ2v) is 13.5. The summed E-state index contributed by atoms with van der Waals surface area (Å²) in [6, 6.07) is 5.85. The van der Waals surface area contributed by atoms with Gasteiger partial charge in [0.2, 0.25) is 0 Å². The van der Waals surface area contributed by atoms with Crippen molar-refractivity contribution < 1.29 is 39.9 Å². The summed E-state index contributed by atoms with van der Waals surface area (Å²) < 4.78 is 95.4. The van der Waals surface area contributed by atoms with Gasteiger partial charge in [-0.25, -0.2) is 0 Å². The molecular weight excluding hydrogens is 401 g/mol. The number of halogens is 6. The molecule has 0 N–H and O–H groups in total. The number of hydrogen-bond donors (Lipinski definition) is 0. The zero-order valence-electron chi connectivity index (χ0n) is 11.8. The number of hydrogen-bond acceptors (Lipinski definition) is 5. The summed E-state index contributed by atoms with van der Waals surface area (Å²) in [6.07, 6.45) is -10.4. The van der Waals surface area contributed by atoms with Crippen LogP contribution in [0.15, 0.2) is 34.1 Å². The van der Waals surface area contributed by atoms with E-state index in [1.165, 1.54) is 31.2 Å². The van der Waals surface area contributed by atoms with Crippen molar-refractivity contribution >= 4 is 28.5 Å². The Kier molecular flexibility index (Phi) is 4.03. The third kappa shape index (κ3) is 2.85. The molecule has 12 heteroatoms. The summed E-state index contributed by atoms with van der Waals surface area (Å²) in [6.45, 7) is 1.26. The van der Waals surface area contributed by atoms with Gasteiger partial charge in [0.05, 0.1) is 0 Å². The zero-order chi connectivity index (χ0) is 17.8. The van der Waals surface area contributed by atoms with Crippen molar-refractivity contribution in [2.75, 3.05) is 6.61 Å². The molecule has 2 aliphatic heterocycles. The SMILES string of the molecule is CCOP12(Oc3ccccc3O1)SC(C(F)(F)F)=C(C(F)(F)F)S2. The molecule has 0 saturated carbocycles. The van der Waals surface area contributed by atoms with Gasteiger partial charge in [0.25, 0.3) is 0 Å². The number of benzene rings is 1. The fourth-order valence-corrected chi connectivity index (χ4v) is 12.8. The minimum absolute atomic E-state index is 0.0496. The quantitative estimate of drug-likeness (QED) is 0.413. The molecule has 0 atom stereocenters. The van der Waals surface area contributed by atoms with Crippen LogP contribution in [0.2, 0.25) is 0 Å². The Morgan fingerprint density at radius 1 is 0.917 bits per heavy atom. The predicted octanol–water partition coefficient (Wildman–Crippen LogP) is 6.44. The van der Waals surface area contributed by atoms with Crippen molar-refractivity contribution in [2.24, 2.45) is 0 Å². The molecule has 134 valence electrons. The summed E-state index contributed by atoms with van der Waals surface area (Å²) in [7, 11) is 0. The molecular formula is C12H9F6O3PS2. The Morgan fingerprint density at radius 2 is 1.33 bits per heavy atom. The number of fused-ring (bicyclic) bond motifs is 1. The molecule has 2 heterocycles. The first-order valence-corrected chi connectivity index (χ1v) is 11.3. The third-order valence-electron chi connectivity index (χ3n) is 2.89. The van der Waals surface area contributed by atoms with E-state index in [-0.39, 0.29) is 40.9 Å². The molecule has 0 saturated heterocycles. The van der Waals surface area contributed by atoms with Gasteiger partial charge >= 0.3 is 140 Å². The Bertz CT molecular complexity index is 662. The minimum atomic E-state index is -5.21. The van der Waals surface area contributed by atoms with Crippen molar-refractivity contribution in [1.82, 2.24) is 0 Å². The van der Waals surface area contributed by atoms with Gasteiger partial charge in [-0.3, -0.25) is 0 Å². The average Bonchev–Trinajstić information content (AvgIpc) is 2.94. The Hall–Kier alpha value is -0.770. The van der Waals surface area contributed by atoms with Crippen LogP contribution in [0.25, 0.3) is 0 Å². The molecule has 0 aromatic heterocycles. The number of allylic oxidation sites excluding steroid dienone is 2. The van der Waals surface area contributed by atoms with Crippen LogP contribution in [0.1, 0.15) is 6.92 Å². The fraction of sp³-hybridized carbons (Fsp3) is 0.333. The maximum absolute atomic E-state index is 13.2. The van der Waals surface area contributed by atoms with Gasteiger partial charge in [0.1, 0.15) is 0 Å². The van der Waals surface area contributed by atoms with E-state index in [2.05, 4.69) is 0 Å². The first kappa shape index (κ1) is 18.0.